The van der Waals surface area contributed by atoms with Crippen molar-refractivity contribution in [1.82, 2.24) is 15.5 Å². The summed E-state index contributed by atoms with van der Waals surface area (Å²) in [6, 6.07) is 6.80. The quantitative estimate of drug-likeness (QED) is 0.710. The summed E-state index contributed by atoms with van der Waals surface area (Å²) in [5.41, 5.74) is 0.771. The van der Waals surface area contributed by atoms with Gasteiger partial charge in [-0.2, -0.15) is 0 Å². The number of rotatable bonds is 7. The van der Waals surface area contributed by atoms with E-state index < -0.39 is 9.84 Å². The van der Waals surface area contributed by atoms with E-state index in [1.54, 1.807) is 19.2 Å². The van der Waals surface area contributed by atoms with Crippen molar-refractivity contribution >= 4 is 21.7 Å². The van der Waals surface area contributed by atoms with E-state index >= 15 is 0 Å². The van der Waals surface area contributed by atoms with E-state index in [1.165, 1.54) is 12.1 Å². The normalized spacial score (nSPS) is 20.7. The minimum atomic E-state index is -3.23. The smallest absolute Gasteiger partial charge is 0.224 e. The molecule has 0 aliphatic carbocycles. The van der Waals surface area contributed by atoms with Crippen molar-refractivity contribution in [3.05, 3.63) is 29.8 Å². The molecule has 0 unspecified atom stereocenters. The average Bonchev–Trinajstić information content (AvgIpc) is 2.92. The van der Waals surface area contributed by atoms with Crippen LogP contribution in [0.2, 0.25) is 0 Å². The lowest BCUT2D eigenvalue weighted by molar-refractivity contribution is -0.122. The highest BCUT2D eigenvalue weighted by molar-refractivity contribution is 7.90. The fourth-order valence-corrected chi connectivity index (χ4v) is 3.86. The van der Waals surface area contributed by atoms with E-state index in [0.717, 1.165) is 24.7 Å². The maximum atomic E-state index is 12.2. The molecule has 2 amide bonds. The van der Waals surface area contributed by atoms with Crippen LogP contribution in [0.15, 0.2) is 29.2 Å². The van der Waals surface area contributed by atoms with Gasteiger partial charge >= 0.3 is 0 Å². The summed E-state index contributed by atoms with van der Waals surface area (Å²) in [6.45, 7) is 0.543. The first-order chi connectivity index (χ1) is 12.2. The SMILES string of the molecule is CNC(=O)C[C@H]1CC[C@@H](CNC(=O)Cc2ccc(S(C)(=O)=O)cc2)N1C. The number of carbonyl (C=O) groups excluding carboxylic acids is 2. The van der Waals surface area contributed by atoms with Crippen molar-refractivity contribution in [1.29, 1.82) is 0 Å². The van der Waals surface area contributed by atoms with Gasteiger partial charge in [-0.3, -0.25) is 14.5 Å². The molecule has 1 fully saturated rings. The van der Waals surface area contributed by atoms with Crippen LogP contribution in [-0.4, -0.2) is 64.1 Å². The molecule has 0 aromatic heterocycles. The Labute approximate surface area is 155 Å². The maximum absolute atomic E-state index is 12.2. The second-order valence-electron chi connectivity index (χ2n) is 6.82. The highest BCUT2D eigenvalue weighted by Gasteiger charge is 2.31. The molecule has 0 bridgehead atoms. The highest BCUT2D eigenvalue weighted by atomic mass is 32.2. The van der Waals surface area contributed by atoms with Gasteiger partial charge in [0.05, 0.1) is 11.3 Å². The number of carbonyl (C=O) groups is 2. The van der Waals surface area contributed by atoms with Gasteiger partial charge in [-0.1, -0.05) is 12.1 Å². The van der Waals surface area contributed by atoms with Crippen LogP contribution in [0.1, 0.15) is 24.8 Å². The Bertz CT molecular complexity index is 746. The Balaban J connectivity index is 1.81. The number of nitrogens with one attached hydrogen (secondary N) is 2. The van der Waals surface area contributed by atoms with Crippen molar-refractivity contribution in [2.75, 3.05) is 26.9 Å². The van der Waals surface area contributed by atoms with Crippen LogP contribution < -0.4 is 10.6 Å². The summed E-state index contributed by atoms with van der Waals surface area (Å²) < 4.78 is 22.9. The van der Waals surface area contributed by atoms with Crippen LogP contribution in [0.5, 0.6) is 0 Å². The van der Waals surface area contributed by atoms with E-state index in [-0.39, 0.29) is 35.2 Å². The number of hydrogen-bond donors (Lipinski definition) is 2. The summed E-state index contributed by atoms with van der Waals surface area (Å²) in [5, 5.41) is 5.58. The van der Waals surface area contributed by atoms with E-state index in [0.29, 0.717) is 13.0 Å². The second-order valence-corrected chi connectivity index (χ2v) is 8.84. The molecule has 8 heteroatoms. The Morgan fingerprint density at radius 2 is 1.73 bits per heavy atom. The first kappa shape index (κ1) is 20.4. The fourth-order valence-electron chi connectivity index (χ4n) is 3.23. The first-order valence-electron chi connectivity index (χ1n) is 8.69. The fraction of sp³-hybridized carbons (Fsp3) is 0.556. The van der Waals surface area contributed by atoms with Crippen LogP contribution >= 0.6 is 0 Å². The zero-order valence-electron chi connectivity index (χ0n) is 15.5. The van der Waals surface area contributed by atoms with Crippen LogP contribution in [0.4, 0.5) is 0 Å². The molecule has 1 aliphatic heterocycles. The van der Waals surface area contributed by atoms with Crippen molar-refractivity contribution in [2.45, 2.75) is 42.7 Å². The van der Waals surface area contributed by atoms with E-state index in [9.17, 15) is 18.0 Å². The summed E-state index contributed by atoms with van der Waals surface area (Å²) in [6.07, 6.45) is 3.73. The van der Waals surface area contributed by atoms with Crippen molar-refractivity contribution in [2.24, 2.45) is 0 Å². The molecule has 2 N–H and O–H groups in total. The number of sulfone groups is 1. The minimum Gasteiger partial charge on any atom is -0.359 e. The number of hydrogen-bond acceptors (Lipinski definition) is 5. The molecule has 0 radical (unpaired) electrons. The lowest BCUT2D eigenvalue weighted by Gasteiger charge is -2.25. The molecule has 1 saturated heterocycles. The number of benzene rings is 1. The predicted molar refractivity (Wildman–Crippen MR) is 99.5 cm³/mol. The van der Waals surface area contributed by atoms with Gasteiger partial charge in [-0.25, -0.2) is 8.42 Å². The summed E-state index contributed by atoms with van der Waals surface area (Å²) in [4.78, 5) is 26.1. The minimum absolute atomic E-state index is 0.0316. The molecule has 0 spiro atoms. The van der Waals surface area contributed by atoms with Crippen LogP contribution in [0.3, 0.4) is 0 Å². The van der Waals surface area contributed by atoms with Crippen molar-refractivity contribution in [3.63, 3.8) is 0 Å². The summed E-state index contributed by atoms with van der Waals surface area (Å²) >= 11 is 0. The molecule has 1 aliphatic rings. The van der Waals surface area contributed by atoms with Crippen molar-refractivity contribution < 1.29 is 18.0 Å². The molecule has 26 heavy (non-hydrogen) atoms. The molecule has 144 valence electrons. The molecule has 1 heterocycles. The molecule has 1 aromatic carbocycles. The van der Waals surface area contributed by atoms with Crippen LogP contribution in [0.25, 0.3) is 0 Å². The largest absolute Gasteiger partial charge is 0.359 e. The van der Waals surface area contributed by atoms with E-state index in [2.05, 4.69) is 15.5 Å². The summed E-state index contributed by atoms with van der Waals surface area (Å²) in [7, 11) is 0.398. The monoisotopic (exact) mass is 381 g/mol. The molecule has 0 saturated carbocycles. The predicted octanol–water partition coefficient (Wildman–Crippen LogP) is 0.348. The third kappa shape index (κ3) is 5.54. The van der Waals surface area contributed by atoms with Crippen LogP contribution in [-0.2, 0) is 25.8 Å². The number of likely N-dealkylation sites (tertiary alicyclic amines) is 1. The number of likely N-dealkylation sites (N-methyl/N-ethyl adjacent to an activating group) is 1. The molecular weight excluding hydrogens is 354 g/mol. The molecular formula is C18H27N3O4S. The highest BCUT2D eigenvalue weighted by Crippen LogP contribution is 2.24. The Morgan fingerprint density at radius 3 is 2.31 bits per heavy atom. The topological polar surface area (TPSA) is 95.6 Å². The van der Waals surface area contributed by atoms with E-state index in [1.807, 2.05) is 7.05 Å². The average molecular weight is 381 g/mol. The van der Waals surface area contributed by atoms with Gasteiger partial charge in [-0.05, 0) is 37.6 Å². The molecule has 7 nitrogen and oxygen atoms in total. The van der Waals surface area contributed by atoms with Gasteiger partial charge in [0, 0.05) is 38.4 Å². The van der Waals surface area contributed by atoms with Gasteiger partial charge in [0.1, 0.15) is 0 Å². The van der Waals surface area contributed by atoms with Gasteiger partial charge in [0.15, 0.2) is 9.84 Å². The third-order valence-corrected chi connectivity index (χ3v) is 6.06. The lowest BCUT2D eigenvalue weighted by atomic mass is 10.1. The lowest BCUT2D eigenvalue weighted by Crippen LogP contribution is -2.42. The molecule has 2 atom stereocenters. The zero-order valence-corrected chi connectivity index (χ0v) is 16.3. The van der Waals surface area contributed by atoms with Crippen molar-refractivity contribution in [3.8, 4) is 0 Å². The Kier molecular flexibility index (Phi) is 6.77. The van der Waals surface area contributed by atoms with Gasteiger partial charge < -0.3 is 10.6 Å². The van der Waals surface area contributed by atoms with Crippen LogP contribution in [0, 0.1) is 0 Å². The second kappa shape index (κ2) is 8.64. The first-order valence-corrected chi connectivity index (χ1v) is 10.6. The van der Waals surface area contributed by atoms with Gasteiger partial charge in [0.25, 0.3) is 0 Å². The summed E-state index contributed by atoms with van der Waals surface area (Å²) in [5.74, 6) is -0.0654. The zero-order chi connectivity index (χ0) is 19.3. The molecule has 1 aromatic rings. The van der Waals surface area contributed by atoms with Gasteiger partial charge in [-0.15, -0.1) is 0 Å². The van der Waals surface area contributed by atoms with E-state index in [4.69, 9.17) is 0 Å². The Hall–Kier alpha value is -1.93. The van der Waals surface area contributed by atoms with Gasteiger partial charge in [0.2, 0.25) is 11.8 Å². The number of nitrogens with zero attached hydrogens (tertiary/aromatic N) is 1. The Morgan fingerprint density at radius 1 is 1.12 bits per heavy atom. The third-order valence-electron chi connectivity index (χ3n) is 4.94. The number of amides is 2. The molecule has 2 rings (SSSR count). The standard InChI is InChI=1S/C18H27N3O4S/c1-19-17(22)11-14-6-7-15(21(14)2)12-20-18(23)10-13-4-8-16(9-5-13)26(3,24)25/h4-5,8-9,14-15H,6-7,10-12H2,1-3H3,(H,19,22)(H,20,23)/t14-,15+/m1/s1. The maximum Gasteiger partial charge on any atom is 0.224 e.